The summed E-state index contributed by atoms with van der Waals surface area (Å²) >= 11 is 0. The SMILES string of the molecule is CC(=O)[O-].CC(=O)[O-].CC(=O)[O-].CC(=O)[O-].CC(=O)[O-].CC(=O)[O-].[Zn+2].[Zn+2].[Zn+2].c1ccc(-c2ccccn2)nc1.c1ccc(-c2ccccn2)nc1. The number of aliphatic carboxylic acids is 6. The minimum Gasteiger partial charge on any atom is -0.550 e. The molecule has 0 atom stereocenters. The standard InChI is InChI=1S/2C10H8N2.6C2H4O2.3Zn/c2*1-3-7-11-9(5-1)10-6-2-4-8-12-10;6*1-2(3)4;;;/h2*1-8H;6*1H3,(H,3,4);;;/q;;;;;;;;3*+2/p-6. The number of carboxylic acids is 6. The molecule has 0 aliphatic heterocycles. The third kappa shape index (κ3) is 68.2. The normalized spacial score (nSPS) is 7.49. The van der Waals surface area contributed by atoms with Crippen molar-refractivity contribution >= 4 is 35.8 Å². The van der Waals surface area contributed by atoms with Crippen molar-refractivity contribution in [3.63, 3.8) is 0 Å². The summed E-state index contributed by atoms with van der Waals surface area (Å²) in [5, 5.41) is 53.3. The number of aromatic nitrogens is 4. The van der Waals surface area contributed by atoms with Crippen molar-refractivity contribution in [2.75, 3.05) is 0 Å². The summed E-state index contributed by atoms with van der Waals surface area (Å²) in [7, 11) is 0. The molecule has 260 valence electrons. The molecule has 0 spiro atoms. The molecule has 16 nitrogen and oxygen atoms in total. The van der Waals surface area contributed by atoms with Gasteiger partial charge >= 0.3 is 58.4 Å². The zero-order chi connectivity index (χ0) is 37.9. The number of rotatable bonds is 2. The fourth-order valence-electron chi connectivity index (χ4n) is 2.06. The van der Waals surface area contributed by atoms with Crippen LogP contribution in [0.4, 0.5) is 0 Å². The minimum absolute atomic E-state index is 0. The molecule has 0 saturated carbocycles. The van der Waals surface area contributed by atoms with Crippen molar-refractivity contribution in [1.29, 1.82) is 0 Å². The molecule has 0 N–H and O–H groups in total. The molecule has 19 heteroatoms. The van der Waals surface area contributed by atoms with E-state index in [1.165, 1.54) is 0 Å². The zero-order valence-corrected chi connectivity index (χ0v) is 37.9. The van der Waals surface area contributed by atoms with Gasteiger partial charge in [-0.25, -0.2) is 0 Å². The number of carboxylic acid groups (broad SMARTS) is 6. The van der Waals surface area contributed by atoms with E-state index in [0.29, 0.717) is 0 Å². The first kappa shape index (κ1) is 61.5. The molecule has 0 fully saturated rings. The van der Waals surface area contributed by atoms with Gasteiger partial charge in [-0.3, -0.25) is 19.9 Å². The number of hydrogen-bond acceptors (Lipinski definition) is 16. The maximum Gasteiger partial charge on any atom is 2.00 e. The predicted octanol–water partition coefficient (Wildman–Crippen LogP) is -3.18. The Kier molecular flexibility index (Phi) is 52.2. The summed E-state index contributed by atoms with van der Waals surface area (Å²) in [5.41, 5.74) is 3.66. The van der Waals surface area contributed by atoms with Crippen LogP contribution in [0, 0.1) is 0 Å². The largest absolute Gasteiger partial charge is 2.00 e. The molecule has 0 saturated heterocycles. The number of hydrogen-bond donors (Lipinski definition) is 0. The van der Waals surface area contributed by atoms with Crippen LogP contribution in [0.1, 0.15) is 41.5 Å². The van der Waals surface area contributed by atoms with Crippen LogP contribution in [-0.2, 0) is 87.2 Å². The van der Waals surface area contributed by atoms with Gasteiger partial charge in [0.1, 0.15) is 0 Å². The average molecular weight is 863 g/mol. The Hall–Kier alpha value is -4.71. The van der Waals surface area contributed by atoms with Crippen LogP contribution < -0.4 is 30.6 Å². The van der Waals surface area contributed by atoms with E-state index in [1.54, 1.807) is 24.8 Å². The average Bonchev–Trinajstić information content (AvgIpc) is 2.98. The number of nitrogens with zero attached hydrogens (tertiary/aromatic N) is 4. The molecule has 0 unspecified atom stereocenters. The van der Waals surface area contributed by atoms with Crippen LogP contribution in [0.5, 0.6) is 0 Å². The fourth-order valence-corrected chi connectivity index (χ4v) is 2.06. The Morgan fingerprint density at radius 1 is 0.333 bits per heavy atom. The van der Waals surface area contributed by atoms with Gasteiger partial charge in [0.25, 0.3) is 0 Å². The monoisotopic (exact) mass is 858 g/mol. The van der Waals surface area contributed by atoms with Gasteiger partial charge in [-0.2, -0.15) is 0 Å². The third-order valence-corrected chi connectivity index (χ3v) is 3.18. The number of carbonyl (C=O) groups is 6. The van der Waals surface area contributed by atoms with Crippen LogP contribution in [0.3, 0.4) is 0 Å². The van der Waals surface area contributed by atoms with Crippen LogP contribution >= 0.6 is 0 Å². The van der Waals surface area contributed by atoms with Crippen molar-refractivity contribution in [2.24, 2.45) is 0 Å². The van der Waals surface area contributed by atoms with Gasteiger partial charge in [-0.1, -0.05) is 24.3 Å². The van der Waals surface area contributed by atoms with Crippen molar-refractivity contribution in [2.45, 2.75) is 41.5 Å². The molecular weight excluding hydrogens is 829 g/mol. The summed E-state index contributed by atoms with van der Waals surface area (Å²) in [5.74, 6) is -6.50. The Morgan fingerprint density at radius 2 is 0.451 bits per heavy atom. The van der Waals surface area contributed by atoms with E-state index in [1.807, 2.05) is 72.8 Å². The Morgan fingerprint density at radius 3 is 0.529 bits per heavy atom. The molecule has 0 radical (unpaired) electrons. The molecule has 51 heavy (non-hydrogen) atoms. The molecule has 4 rings (SSSR count). The third-order valence-electron chi connectivity index (χ3n) is 3.18. The summed E-state index contributed by atoms with van der Waals surface area (Å²) in [6.07, 6.45) is 7.07. The second-order valence-electron chi connectivity index (χ2n) is 7.81. The summed E-state index contributed by atoms with van der Waals surface area (Å²) in [6, 6.07) is 23.2. The molecule has 0 aromatic carbocycles. The van der Waals surface area contributed by atoms with Crippen LogP contribution in [0.15, 0.2) is 97.6 Å². The summed E-state index contributed by atoms with van der Waals surface area (Å²) in [6.45, 7) is 5.83. The van der Waals surface area contributed by atoms with Crippen molar-refractivity contribution in [1.82, 2.24) is 19.9 Å². The maximum absolute atomic E-state index is 8.89. The van der Waals surface area contributed by atoms with Gasteiger partial charge in [0.2, 0.25) is 0 Å². The predicted molar refractivity (Wildman–Crippen MR) is 159 cm³/mol. The topological polar surface area (TPSA) is 292 Å². The van der Waals surface area contributed by atoms with Crippen LogP contribution in [0.25, 0.3) is 22.8 Å². The Labute approximate surface area is 333 Å². The zero-order valence-electron chi connectivity index (χ0n) is 29.0. The van der Waals surface area contributed by atoms with Gasteiger partial charge in [-0.05, 0) is 90.1 Å². The quantitative estimate of drug-likeness (QED) is 0.180. The van der Waals surface area contributed by atoms with Gasteiger partial charge in [0, 0.05) is 60.6 Å². The van der Waals surface area contributed by atoms with E-state index in [-0.39, 0.29) is 58.4 Å². The molecule has 4 aromatic rings. The first-order chi connectivity index (χ1) is 22.3. The number of carbonyl (C=O) groups excluding carboxylic acids is 6. The Bertz CT molecular complexity index is 1180. The molecule has 4 heterocycles. The molecule has 0 bridgehead atoms. The molecule has 0 aliphatic carbocycles. The molecular formula is C32H34N4O12Zn3. The van der Waals surface area contributed by atoms with Gasteiger partial charge in [-0.15, -0.1) is 0 Å². The first-order valence-corrected chi connectivity index (χ1v) is 13.0. The minimum atomic E-state index is -1.08. The molecule has 0 aliphatic rings. The van der Waals surface area contributed by atoms with E-state index in [0.717, 1.165) is 64.3 Å². The smallest absolute Gasteiger partial charge is 0.550 e. The van der Waals surface area contributed by atoms with Crippen molar-refractivity contribution < 1.29 is 118 Å². The van der Waals surface area contributed by atoms with E-state index < -0.39 is 35.8 Å². The van der Waals surface area contributed by atoms with Crippen molar-refractivity contribution in [3.05, 3.63) is 97.6 Å². The van der Waals surface area contributed by atoms with E-state index in [9.17, 15) is 0 Å². The van der Waals surface area contributed by atoms with Gasteiger partial charge in [0.05, 0.1) is 22.8 Å². The van der Waals surface area contributed by atoms with Crippen molar-refractivity contribution in [3.8, 4) is 22.8 Å². The first-order valence-electron chi connectivity index (χ1n) is 13.0. The van der Waals surface area contributed by atoms with E-state index in [4.69, 9.17) is 59.4 Å². The summed E-state index contributed by atoms with van der Waals surface area (Å²) in [4.78, 5) is 70.1. The van der Waals surface area contributed by atoms with Gasteiger partial charge < -0.3 is 59.4 Å². The second kappa shape index (κ2) is 43.3. The van der Waals surface area contributed by atoms with Gasteiger partial charge in [0.15, 0.2) is 0 Å². The molecule has 0 amide bonds. The van der Waals surface area contributed by atoms with E-state index in [2.05, 4.69) is 19.9 Å². The Balaban J connectivity index is -0.0000000924. The van der Waals surface area contributed by atoms with Crippen LogP contribution in [0.2, 0.25) is 0 Å². The van der Waals surface area contributed by atoms with E-state index >= 15 is 0 Å². The fraction of sp³-hybridized carbons (Fsp3) is 0.188. The molecule has 4 aromatic heterocycles. The second-order valence-corrected chi connectivity index (χ2v) is 7.81. The number of pyridine rings is 4. The van der Waals surface area contributed by atoms with Crippen LogP contribution in [-0.4, -0.2) is 55.8 Å². The maximum atomic E-state index is 8.89. The summed E-state index contributed by atoms with van der Waals surface area (Å²) < 4.78 is 0.